The van der Waals surface area contributed by atoms with Gasteiger partial charge in [0.25, 0.3) is 0 Å². The third-order valence-corrected chi connectivity index (χ3v) is 1.82. The van der Waals surface area contributed by atoms with Gasteiger partial charge in [0.15, 0.2) is 0 Å². The summed E-state index contributed by atoms with van der Waals surface area (Å²) in [5.41, 5.74) is 0. The zero-order valence-electron chi connectivity index (χ0n) is 20.9. The van der Waals surface area contributed by atoms with Gasteiger partial charge in [-0.25, -0.2) is 0 Å². The van der Waals surface area contributed by atoms with Crippen LogP contribution in [0.2, 0.25) is 0 Å². The molecule has 0 aliphatic heterocycles. The molecule has 1 aliphatic rings. The van der Waals surface area contributed by atoms with Gasteiger partial charge >= 0.3 is 0 Å². The van der Waals surface area contributed by atoms with Gasteiger partial charge in [0.2, 0.25) is 0 Å². The maximum absolute atomic E-state index is 2.27. The minimum Gasteiger partial charge on any atom is -0.0885 e. The molecule has 0 atom stereocenters. The molecule has 0 amide bonds. The van der Waals surface area contributed by atoms with Crippen LogP contribution in [0.4, 0.5) is 0 Å². The van der Waals surface area contributed by atoms with Crippen molar-refractivity contribution in [1.29, 1.82) is 0 Å². The molecule has 2 rings (SSSR count). The predicted octanol–water partition coefficient (Wildman–Crippen LogP) is 10.7. The molecule has 26 heavy (non-hydrogen) atoms. The molecule has 0 bridgehead atoms. The first-order valence-corrected chi connectivity index (χ1v) is 11.5. The van der Waals surface area contributed by atoms with Crippen LogP contribution in [0.3, 0.4) is 0 Å². The molecule has 0 saturated heterocycles. The van der Waals surface area contributed by atoms with Crippen LogP contribution >= 0.6 is 0 Å². The van der Waals surface area contributed by atoms with E-state index in [0.29, 0.717) is 0 Å². The molecule has 160 valence electrons. The Morgan fingerprint density at radius 2 is 0.577 bits per heavy atom. The molecule has 0 heterocycles. The lowest BCUT2D eigenvalue weighted by atomic mass is 10.1. The molecule has 0 saturated carbocycles. The SMILES string of the molecule is C1=CCCCC1.CC.CC.CC.CC.CCC.CCC.c1ccccc1. The topological polar surface area (TPSA) is 0 Å². The highest BCUT2D eigenvalue weighted by Gasteiger charge is 1.87. The summed E-state index contributed by atoms with van der Waals surface area (Å²) in [6.45, 7) is 24.5. The van der Waals surface area contributed by atoms with Gasteiger partial charge in [-0.1, -0.05) is 144 Å². The number of hydrogen-bond acceptors (Lipinski definition) is 0. The van der Waals surface area contributed by atoms with Crippen molar-refractivity contribution in [2.45, 2.75) is 122 Å². The van der Waals surface area contributed by atoms with Crippen molar-refractivity contribution < 1.29 is 0 Å². The van der Waals surface area contributed by atoms with Crippen LogP contribution in [0.15, 0.2) is 48.6 Å². The van der Waals surface area contributed by atoms with Crippen LogP contribution in [-0.2, 0) is 0 Å². The fraction of sp³-hybridized carbons (Fsp3) is 0.692. The van der Waals surface area contributed by atoms with Crippen molar-refractivity contribution in [3.8, 4) is 0 Å². The molecule has 0 spiro atoms. The molecule has 0 fully saturated rings. The smallest absolute Gasteiger partial charge is 0.0351 e. The normalized spacial score (nSPS) is 9.08. The van der Waals surface area contributed by atoms with E-state index in [9.17, 15) is 0 Å². The van der Waals surface area contributed by atoms with Gasteiger partial charge in [0.1, 0.15) is 0 Å². The van der Waals surface area contributed by atoms with E-state index in [1.165, 1.54) is 38.5 Å². The fourth-order valence-electron chi connectivity index (χ4n) is 1.14. The number of benzene rings is 1. The second kappa shape index (κ2) is 75.2. The zero-order valence-corrected chi connectivity index (χ0v) is 20.9. The molecular formula is C26H56. The first-order chi connectivity index (χ1) is 12.8. The van der Waals surface area contributed by atoms with Crippen molar-refractivity contribution >= 4 is 0 Å². The Labute approximate surface area is 170 Å². The second-order valence-corrected chi connectivity index (χ2v) is 4.32. The van der Waals surface area contributed by atoms with E-state index in [0.717, 1.165) is 0 Å². The van der Waals surface area contributed by atoms with Gasteiger partial charge in [-0.05, 0) is 25.7 Å². The molecule has 1 aromatic carbocycles. The van der Waals surface area contributed by atoms with Gasteiger partial charge in [-0.3, -0.25) is 0 Å². The molecule has 0 heteroatoms. The summed E-state index contributed by atoms with van der Waals surface area (Å²) < 4.78 is 0. The quantitative estimate of drug-likeness (QED) is 0.399. The minimum atomic E-state index is 1.25. The maximum atomic E-state index is 2.27. The zero-order chi connectivity index (χ0) is 21.9. The van der Waals surface area contributed by atoms with E-state index in [4.69, 9.17) is 0 Å². The number of hydrogen-bond donors (Lipinski definition) is 0. The minimum absolute atomic E-state index is 1.25. The van der Waals surface area contributed by atoms with E-state index in [-0.39, 0.29) is 0 Å². The monoisotopic (exact) mass is 368 g/mol. The summed E-state index contributed by atoms with van der Waals surface area (Å²) in [4.78, 5) is 0. The molecule has 0 unspecified atom stereocenters. The molecule has 0 aromatic heterocycles. The van der Waals surface area contributed by atoms with Gasteiger partial charge in [0.05, 0.1) is 0 Å². The second-order valence-electron chi connectivity index (χ2n) is 4.32. The van der Waals surface area contributed by atoms with E-state index in [1.54, 1.807) is 0 Å². The Balaban J connectivity index is -0.0000000470. The van der Waals surface area contributed by atoms with Gasteiger partial charge < -0.3 is 0 Å². The maximum Gasteiger partial charge on any atom is -0.0351 e. The van der Waals surface area contributed by atoms with Crippen molar-refractivity contribution in [1.82, 2.24) is 0 Å². The highest BCUT2D eigenvalue weighted by Crippen LogP contribution is 2.07. The molecule has 0 nitrogen and oxygen atoms in total. The average molecular weight is 369 g/mol. The first kappa shape index (κ1) is 39.9. The van der Waals surface area contributed by atoms with E-state index >= 15 is 0 Å². The lowest BCUT2D eigenvalue weighted by molar-refractivity contribution is 0.730. The average Bonchev–Trinajstić information content (AvgIpc) is 2.78. The summed E-state index contributed by atoms with van der Waals surface area (Å²) in [7, 11) is 0. The fourth-order valence-corrected chi connectivity index (χ4v) is 1.14. The third kappa shape index (κ3) is 92.2. The standard InChI is InChI=1S/C6H10.C6H6.2C3H8.4C2H6/c2*1-2-4-6-5-3-1;2*1-3-2;4*1-2/h1-2H,3-6H2;1-6H;2*3H2,1-2H3;4*1-2H3. The summed E-state index contributed by atoms with van der Waals surface area (Å²) in [5.74, 6) is 0. The Morgan fingerprint density at radius 3 is 0.654 bits per heavy atom. The molecular weight excluding hydrogens is 312 g/mol. The number of rotatable bonds is 0. The molecule has 1 aromatic rings. The van der Waals surface area contributed by atoms with Crippen LogP contribution in [0, 0.1) is 0 Å². The van der Waals surface area contributed by atoms with E-state index in [2.05, 4.69) is 39.8 Å². The lowest BCUT2D eigenvalue weighted by Gasteiger charge is -1.97. The highest BCUT2D eigenvalue weighted by molar-refractivity contribution is 4.99. The number of allylic oxidation sites excluding steroid dienone is 2. The lowest BCUT2D eigenvalue weighted by Crippen LogP contribution is -1.77. The summed E-state index contributed by atoms with van der Waals surface area (Å²) in [6.07, 6.45) is 12.5. The molecule has 0 N–H and O–H groups in total. The van der Waals surface area contributed by atoms with Crippen LogP contribution < -0.4 is 0 Å². The molecule has 0 radical (unpaired) electrons. The summed E-state index contributed by atoms with van der Waals surface area (Å²) >= 11 is 0. The third-order valence-electron chi connectivity index (χ3n) is 1.82. The van der Waals surface area contributed by atoms with Crippen molar-refractivity contribution in [2.75, 3.05) is 0 Å². The predicted molar refractivity (Wildman–Crippen MR) is 131 cm³/mol. The van der Waals surface area contributed by atoms with Crippen LogP contribution in [0.1, 0.15) is 122 Å². The Bertz CT molecular complexity index is 186. The van der Waals surface area contributed by atoms with Crippen molar-refractivity contribution in [3.05, 3.63) is 48.6 Å². The highest BCUT2D eigenvalue weighted by atomic mass is 13.9. The summed E-state index contributed by atoms with van der Waals surface area (Å²) in [6, 6.07) is 12.0. The summed E-state index contributed by atoms with van der Waals surface area (Å²) in [5, 5.41) is 0. The van der Waals surface area contributed by atoms with Gasteiger partial charge in [-0.15, -0.1) is 0 Å². The van der Waals surface area contributed by atoms with Crippen LogP contribution in [-0.4, -0.2) is 0 Å². The van der Waals surface area contributed by atoms with Crippen molar-refractivity contribution in [3.63, 3.8) is 0 Å². The van der Waals surface area contributed by atoms with Gasteiger partial charge in [0, 0.05) is 0 Å². The van der Waals surface area contributed by atoms with Gasteiger partial charge in [-0.2, -0.15) is 0 Å². The van der Waals surface area contributed by atoms with E-state index < -0.39 is 0 Å². The Kier molecular flexibility index (Phi) is 115. The van der Waals surface area contributed by atoms with E-state index in [1.807, 2.05) is 91.8 Å². The van der Waals surface area contributed by atoms with Crippen LogP contribution in [0.25, 0.3) is 0 Å². The van der Waals surface area contributed by atoms with Crippen molar-refractivity contribution in [2.24, 2.45) is 0 Å². The Morgan fingerprint density at radius 1 is 0.423 bits per heavy atom. The largest absolute Gasteiger partial charge is 0.0885 e. The first-order valence-electron chi connectivity index (χ1n) is 11.5. The Hall–Kier alpha value is -1.04. The molecule has 1 aliphatic carbocycles. The van der Waals surface area contributed by atoms with Crippen LogP contribution in [0.5, 0.6) is 0 Å².